The maximum Gasteiger partial charge on any atom is 0.335 e. The molecule has 2 aromatic rings. The monoisotopic (exact) mass is 398 g/mol. The van der Waals surface area contributed by atoms with Crippen LogP contribution in [0.25, 0.3) is 6.08 Å². The van der Waals surface area contributed by atoms with Gasteiger partial charge < -0.3 is 5.11 Å². The van der Waals surface area contributed by atoms with Gasteiger partial charge in [0, 0.05) is 11.6 Å². The largest absolute Gasteiger partial charge is 0.478 e. The predicted molar refractivity (Wildman–Crippen MR) is 109 cm³/mol. The normalized spacial score (nSPS) is 16.9. The van der Waals surface area contributed by atoms with Crippen LogP contribution in [-0.4, -0.2) is 33.6 Å². The first-order valence-corrected chi connectivity index (χ1v) is 9.18. The molecule has 136 valence electrons. The van der Waals surface area contributed by atoms with Gasteiger partial charge in [0.25, 0.3) is 5.91 Å². The van der Waals surface area contributed by atoms with Crippen molar-refractivity contribution in [3.8, 4) is 0 Å². The zero-order valence-corrected chi connectivity index (χ0v) is 15.7. The smallest absolute Gasteiger partial charge is 0.335 e. The van der Waals surface area contributed by atoms with Gasteiger partial charge in [0.2, 0.25) is 0 Å². The topological polar surface area (TPSA) is 70.0 Å². The number of halogens is 1. The summed E-state index contributed by atoms with van der Waals surface area (Å²) in [5, 5.41) is 10.0. The molecule has 0 saturated carbocycles. The fourth-order valence-corrected chi connectivity index (χ4v) is 3.59. The summed E-state index contributed by atoms with van der Waals surface area (Å²) in [5.74, 6) is -1.18. The van der Waals surface area contributed by atoms with Crippen molar-refractivity contribution in [2.75, 3.05) is 6.54 Å². The van der Waals surface area contributed by atoms with Crippen LogP contribution in [0.2, 0.25) is 5.02 Å². The lowest BCUT2D eigenvalue weighted by Crippen LogP contribution is -2.29. The van der Waals surface area contributed by atoms with Gasteiger partial charge in [-0.15, -0.1) is 6.58 Å². The first kappa shape index (κ1) is 18.9. The summed E-state index contributed by atoms with van der Waals surface area (Å²) in [6, 6.07) is 13.4. The number of hydrogen-bond acceptors (Lipinski definition) is 4. The highest BCUT2D eigenvalue weighted by Gasteiger charge is 2.32. The summed E-state index contributed by atoms with van der Waals surface area (Å²) in [5.41, 5.74) is 1.49. The summed E-state index contributed by atoms with van der Waals surface area (Å²) < 4.78 is 0. The van der Waals surface area contributed by atoms with Crippen LogP contribution in [0.3, 0.4) is 0 Å². The number of amidine groups is 1. The third kappa shape index (κ3) is 4.30. The molecule has 0 atom stereocenters. The van der Waals surface area contributed by atoms with E-state index in [1.165, 1.54) is 28.8 Å². The lowest BCUT2D eigenvalue weighted by atomic mass is 10.2. The number of nitrogens with zero attached hydrogens (tertiary/aromatic N) is 2. The lowest BCUT2D eigenvalue weighted by Gasteiger charge is -2.12. The number of amides is 1. The summed E-state index contributed by atoms with van der Waals surface area (Å²) in [6.45, 7) is 4.01. The second-order valence-corrected chi connectivity index (χ2v) is 7.00. The van der Waals surface area contributed by atoms with Gasteiger partial charge in [-0.25, -0.2) is 9.79 Å². The van der Waals surface area contributed by atoms with E-state index in [1.54, 1.807) is 30.4 Å². The quantitative estimate of drug-likeness (QED) is 0.578. The maximum atomic E-state index is 12.7. The van der Waals surface area contributed by atoms with E-state index in [9.17, 15) is 9.59 Å². The Kier molecular flexibility index (Phi) is 5.78. The third-order valence-corrected chi connectivity index (χ3v) is 5.08. The lowest BCUT2D eigenvalue weighted by molar-refractivity contribution is -0.121. The number of hydrogen-bond donors (Lipinski definition) is 1. The second kappa shape index (κ2) is 8.24. The number of benzene rings is 2. The number of carboxylic acid groups (broad SMARTS) is 1. The van der Waals surface area contributed by atoms with E-state index in [1.807, 2.05) is 18.2 Å². The zero-order chi connectivity index (χ0) is 19.4. The molecule has 1 fully saturated rings. The molecule has 0 unspecified atom stereocenters. The van der Waals surface area contributed by atoms with Crippen molar-refractivity contribution in [2.24, 2.45) is 4.99 Å². The minimum atomic E-state index is -1.00. The SMILES string of the molecule is C=CCN1C(=O)/C(=C/c2ccccc2Cl)SC1=Nc1ccc(C(=O)O)cc1. The number of rotatable bonds is 5. The molecule has 0 spiro atoms. The zero-order valence-electron chi connectivity index (χ0n) is 14.1. The van der Waals surface area contributed by atoms with Gasteiger partial charge in [-0.3, -0.25) is 9.69 Å². The van der Waals surface area contributed by atoms with Crippen molar-refractivity contribution in [1.82, 2.24) is 4.90 Å². The Morgan fingerprint density at radius 1 is 1.22 bits per heavy atom. The third-order valence-electron chi connectivity index (χ3n) is 3.73. The first-order chi connectivity index (χ1) is 13.0. The number of aromatic carboxylic acids is 1. The molecule has 1 aliphatic rings. The van der Waals surface area contributed by atoms with E-state index < -0.39 is 5.97 Å². The number of aliphatic imine (C=N–C) groups is 1. The average molecular weight is 399 g/mol. The number of thioether (sulfide) groups is 1. The molecule has 0 aliphatic carbocycles. The Balaban J connectivity index is 1.94. The standard InChI is InChI=1S/C20H15ClN2O3S/c1-2-11-23-18(24)17(12-14-5-3-4-6-16(14)21)27-20(23)22-15-9-7-13(8-10-15)19(25)26/h2-10,12H,1,11H2,(H,25,26)/b17-12-,22-20?. The highest BCUT2D eigenvalue weighted by atomic mass is 35.5. The minimum absolute atomic E-state index is 0.177. The van der Waals surface area contributed by atoms with Crippen LogP contribution < -0.4 is 0 Å². The van der Waals surface area contributed by atoms with Gasteiger partial charge in [-0.05, 0) is 53.7 Å². The van der Waals surface area contributed by atoms with Crippen molar-refractivity contribution in [1.29, 1.82) is 0 Å². The van der Waals surface area contributed by atoms with Gasteiger partial charge >= 0.3 is 5.97 Å². The fraction of sp³-hybridized carbons (Fsp3) is 0.0500. The van der Waals surface area contributed by atoms with E-state index in [0.717, 1.165) is 5.56 Å². The first-order valence-electron chi connectivity index (χ1n) is 7.98. The summed E-state index contributed by atoms with van der Waals surface area (Å²) in [7, 11) is 0. The van der Waals surface area contributed by atoms with Gasteiger partial charge in [0.1, 0.15) is 0 Å². The molecule has 0 radical (unpaired) electrons. The number of carbonyl (C=O) groups excluding carboxylic acids is 1. The molecule has 5 nitrogen and oxygen atoms in total. The van der Waals surface area contributed by atoms with Crippen molar-refractivity contribution in [2.45, 2.75) is 0 Å². The predicted octanol–water partition coefficient (Wildman–Crippen LogP) is 4.83. The Bertz CT molecular complexity index is 967. The molecule has 1 heterocycles. The van der Waals surface area contributed by atoms with Crippen LogP contribution in [0.4, 0.5) is 5.69 Å². The minimum Gasteiger partial charge on any atom is -0.478 e. The van der Waals surface area contributed by atoms with Crippen molar-refractivity contribution >= 4 is 52.2 Å². The van der Waals surface area contributed by atoms with Gasteiger partial charge in [0.15, 0.2) is 5.17 Å². The van der Waals surface area contributed by atoms with E-state index >= 15 is 0 Å². The molecular formula is C20H15ClN2O3S. The van der Waals surface area contributed by atoms with Crippen molar-refractivity contribution < 1.29 is 14.7 Å². The van der Waals surface area contributed by atoms with Crippen LogP contribution in [0.1, 0.15) is 15.9 Å². The Labute approximate surface area is 165 Å². The molecule has 1 saturated heterocycles. The molecule has 3 rings (SSSR count). The summed E-state index contributed by atoms with van der Waals surface area (Å²) in [6.07, 6.45) is 3.36. The van der Waals surface area contributed by atoms with Gasteiger partial charge in [-0.1, -0.05) is 35.9 Å². The van der Waals surface area contributed by atoms with Crippen molar-refractivity contribution in [3.63, 3.8) is 0 Å². The Morgan fingerprint density at radius 2 is 1.93 bits per heavy atom. The molecule has 1 amide bonds. The molecule has 27 heavy (non-hydrogen) atoms. The molecule has 1 N–H and O–H groups in total. The van der Waals surface area contributed by atoms with E-state index in [0.29, 0.717) is 27.3 Å². The average Bonchev–Trinajstić information content (AvgIpc) is 2.93. The molecular weight excluding hydrogens is 384 g/mol. The van der Waals surface area contributed by atoms with Crippen LogP contribution in [0.15, 0.2) is 71.1 Å². The summed E-state index contributed by atoms with van der Waals surface area (Å²) >= 11 is 7.42. The maximum absolute atomic E-state index is 12.7. The van der Waals surface area contributed by atoms with E-state index in [2.05, 4.69) is 11.6 Å². The Morgan fingerprint density at radius 3 is 2.56 bits per heavy atom. The second-order valence-electron chi connectivity index (χ2n) is 5.58. The van der Waals surface area contributed by atoms with Crippen LogP contribution in [0.5, 0.6) is 0 Å². The molecule has 0 aromatic heterocycles. The fourth-order valence-electron chi connectivity index (χ4n) is 2.40. The van der Waals surface area contributed by atoms with Gasteiger partial charge in [0.05, 0.1) is 16.2 Å². The van der Waals surface area contributed by atoms with Gasteiger partial charge in [-0.2, -0.15) is 0 Å². The van der Waals surface area contributed by atoms with Crippen LogP contribution >= 0.6 is 23.4 Å². The number of carbonyl (C=O) groups is 2. The highest BCUT2D eigenvalue weighted by molar-refractivity contribution is 8.18. The molecule has 2 aromatic carbocycles. The van der Waals surface area contributed by atoms with E-state index in [-0.39, 0.29) is 11.5 Å². The number of carboxylic acids is 1. The van der Waals surface area contributed by atoms with Crippen LogP contribution in [-0.2, 0) is 4.79 Å². The Hall–Kier alpha value is -2.83. The van der Waals surface area contributed by atoms with E-state index in [4.69, 9.17) is 16.7 Å². The van der Waals surface area contributed by atoms with Crippen LogP contribution in [0, 0.1) is 0 Å². The highest BCUT2D eigenvalue weighted by Crippen LogP contribution is 2.35. The molecule has 7 heteroatoms. The molecule has 1 aliphatic heterocycles. The summed E-state index contributed by atoms with van der Waals surface area (Å²) in [4.78, 5) is 30.2. The van der Waals surface area contributed by atoms with Crippen molar-refractivity contribution in [3.05, 3.63) is 82.2 Å². The molecule has 0 bridgehead atoms.